The number of nitrogens with two attached hydrogens (primary N) is 1. The molecule has 3 fully saturated rings. The van der Waals surface area contributed by atoms with Gasteiger partial charge in [0.15, 0.2) is 0 Å². The van der Waals surface area contributed by atoms with Gasteiger partial charge in [-0.2, -0.15) is 0 Å². The first kappa shape index (κ1) is 20.6. The summed E-state index contributed by atoms with van der Waals surface area (Å²) in [5.41, 5.74) is 9.89. The molecule has 0 amide bonds. The lowest BCUT2D eigenvalue weighted by Gasteiger charge is -2.42. The quantitative estimate of drug-likeness (QED) is 0.760. The van der Waals surface area contributed by atoms with Gasteiger partial charge in [-0.3, -0.25) is 0 Å². The van der Waals surface area contributed by atoms with Crippen LogP contribution in [0.4, 0.5) is 17.2 Å². The second-order valence-electron chi connectivity index (χ2n) is 9.43. The molecule has 5 nitrogen and oxygen atoms in total. The highest BCUT2D eigenvalue weighted by molar-refractivity contribution is 5.58. The van der Waals surface area contributed by atoms with Crippen molar-refractivity contribution in [1.82, 2.24) is 4.98 Å². The van der Waals surface area contributed by atoms with Gasteiger partial charge in [-0.1, -0.05) is 12.1 Å². The summed E-state index contributed by atoms with van der Waals surface area (Å²) in [5, 5.41) is 0. The Morgan fingerprint density at radius 1 is 0.839 bits per heavy atom. The molecule has 3 saturated heterocycles. The van der Waals surface area contributed by atoms with Crippen molar-refractivity contribution in [1.29, 1.82) is 0 Å². The third kappa shape index (κ3) is 4.38. The molecule has 0 saturated carbocycles. The predicted molar refractivity (Wildman–Crippen MR) is 130 cm³/mol. The van der Waals surface area contributed by atoms with Crippen molar-refractivity contribution in [2.75, 3.05) is 47.4 Å². The van der Waals surface area contributed by atoms with Crippen molar-refractivity contribution in [2.24, 2.45) is 5.73 Å². The van der Waals surface area contributed by atoms with Gasteiger partial charge in [-0.15, -0.1) is 0 Å². The van der Waals surface area contributed by atoms with E-state index in [9.17, 15) is 0 Å². The molecule has 3 aliphatic rings. The van der Waals surface area contributed by atoms with Gasteiger partial charge in [0, 0.05) is 49.8 Å². The molecule has 0 bridgehead atoms. The van der Waals surface area contributed by atoms with Crippen LogP contribution >= 0.6 is 0 Å². The number of nitrogens with zero attached hydrogens (tertiary/aromatic N) is 4. The second kappa shape index (κ2) is 9.47. The van der Waals surface area contributed by atoms with Crippen molar-refractivity contribution in [3.8, 4) is 0 Å². The first-order valence-corrected chi connectivity index (χ1v) is 12.4. The van der Waals surface area contributed by atoms with Crippen LogP contribution in [-0.2, 0) is 6.42 Å². The number of piperidine rings is 2. The number of aryl methyl sites for hydroxylation is 1. The van der Waals surface area contributed by atoms with Gasteiger partial charge in [-0.05, 0) is 81.7 Å². The summed E-state index contributed by atoms with van der Waals surface area (Å²) in [6.45, 7) is 5.40. The van der Waals surface area contributed by atoms with Gasteiger partial charge < -0.3 is 20.4 Å². The number of rotatable bonds is 6. The molecule has 0 radical (unpaired) electrons. The average molecular weight is 420 g/mol. The van der Waals surface area contributed by atoms with E-state index in [1.54, 1.807) is 0 Å². The van der Waals surface area contributed by atoms with Gasteiger partial charge in [0.25, 0.3) is 0 Å². The van der Waals surface area contributed by atoms with Crippen LogP contribution in [-0.4, -0.2) is 49.8 Å². The summed E-state index contributed by atoms with van der Waals surface area (Å²) in [5.74, 6) is 1.18. The summed E-state index contributed by atoms with van der Waals surface area (Å²) < 4.78 is 0. The maximum Gasteiger partial charge on any atom is 0.130 e. The van der Waals surface area contributed by atoms with E-state index in [4.69, 9.17) is 10.7 Å². The molecule has 5 heteroatoms. The standard InChI is InChI=1S/C26H37N5/c27-13-5-8-21-7-4-9-23(19-21)30-17-6-10-24-25(30)12-18-31(24)26-20-22(11-14-28-26)29-15-2-1-3-16-29/h4,7,9,11,14,19-20,24-25H,1-3,5-6,8,10,12-13,15-18,27H2/t24-,25-/m1/s1. The Labute approximate surface area is 187 Å². The fourth-order valence-electron chi connectivity index (χ4n) is 5.90. The van der Waals surface area contributed by atoms with Crippen molar-refractivity contribution >= 4 is 17.2 Å². The minimum Gasteiger partial charge on any atom is -0.371 e. The van der Waals surface area contributed by atoms with Crippen molar-refractivity contribution in [2.45, 2.75) is 63.5 Å². The topological polar surface area (TPSA) is 48.6 Å². The van der Waals surface area contributed by atoms with Gasteiger partial charge in [0.1, 0.15) is 5.82 Å². The Morgan fingerprint density at radius 3 is 2.58 bits per heavy atom. The molecular formula is C26H37N5. The zero-order valence-corrected chi connectivity index (χ0v) is 18.8. The Hall–Kier alpha value is -2.27. The van der Waals surface area contributed by atoms with Gasteiger partial charge >= 0.3 is 0 Å². The summed E-state index contributed by atoms with van der Waals surface area (Å²) in [7, 11) is 0. The van der Waals surface area contributed by atoms with Crippen LogP contribution < -0.4 is 20.4 Å². The number of benzene rings is 1. The van der Waals surface area contributed by atoms with Crippen LogP contribution in [0, 0.1) is 0 Å². The molecule has 0 unspecified atom stereocenters. The first-order valence-electron chi connectivity index (χ1n) is 12.4. The Morgan fingerprint density at radius 2 is 1.71 bits per heavy atom. The molecule has 31 heavy (non-hydrogen) atoms. The SMILES string of the molecule is NCCCc1cccc(N2CCC[C@@H]3[C@H]2CCN3c2cc(N3CCCCC3)ccn2)c1. The van der Waals surface area contributed by atoms with E-state index in [0.717, 1.165) is 32.5 Å². The second-order valence-corrected chi connectivity index (χ2v) is 9.43. The Balaban J connectivity index is 1.34. The highest BCUT2D eigenvalue weighted by Crippen LogP contribution is 2.37. The van der Waals surface area contributed by atoms with Gasteiger partial charge in [0.2, 0.25) is 0 Å². The van der Waals surface area contributed by atoms with Crippen molar-refractivity contribution < 1.29 is 0 Å². The Kier molecular flexibility index (Phi) is 6.30. The van der Waals surface area contributed by atoms with E-state index in [0.29, 0.717) is 12.1 Å². The number of aromatic nitrogens is 1. The Bertz CT molecular complexity index is 862. The van der Waals surface area contributed by atoms with Gasteiger partial charge in [0.05, 0.1) is 12.1 Å². The number of pyridine rings is 1. The molecular weight excluding hydrogens is 382 g/mol. The number of hydrogen-bond acceptors (Lipinski definition) is 5. The number of hydrogen-bond donors (Lipinski definition) is 1. The van der Waals surface area contributed by atoms with E-state index >= 15 is 0 Å². The lowest BCUT2D eigenvalue weighted by Crippen LogP contribution is -2.50. The lowest BCUT2D eigenvalue weighted by molar-refractivity contribution is 0.433. The third-order valence-corrected chi connectivity index (χ3v) is 7.47. The van der Waals surface area contributed by atoms with Crippen molar-refractivity contribution in [3.63, 3.8) is 0 Å². The summed E-state index contributed by atoms with van der Waals surface area (Å²) >= 11 is 0. The zero-order chi connectivity index (χ0) is 21.0. The van der Waals surface area contributed by atoms with Crippen LogP contribution in [0.1, 0.15) is 50.5 Å². The van der Waals surface area contributed by atoms with E-state index in [2.05, 4.69) is 51.1 Å². The summed E-state index contributed by atoms with van der Waals surface area (Å²) in [6, 6.07) is 14.9. The molecule has 2 aromatic rings. The van der Waals surface area contributed by atoms with Crippen LogP contribution in [0.2, 0.25) is 0 Å². The molecule has 1 aromatic carbocycles. The zero-order valence-electron chi connectivity index (χ0n) is 18.8. The molecule has 4 heterocycles. The van der Waals surface area contributed by atoms with E-state index < -0.39 is 0 Å². The molecule has 0 spiro atoms. The van der Waals surface area contributed by atoms with Crippen LogP contribution in [0.3, 0.4) is 0 Å². The van der Waals surface area contributed by atoms with Crippen LogP contribution in [0.25, 0.3) is 0 Å². The summed E-state index contributed by atoms with van der Waals surface area (Å²) in [4.78, 5) is 12.6. The predicted octanol–water partition coefficient (Wildman–Crippen LogP) is 4.21. The molecule has 3 aliphatic heterocycles. The number of anilines is 3. The van der Waals surface area contributed by atoms with E-state index in [1.807, 2.05) is 6.20 Å². The molecule has 0 aliphatic carbocycles. The highest BCUT2D eigenvalue weighted by Gasteiger charge is 2.41. The van der Waals surface area contributed by atoms with Crippen LogP contribution in [0.5, 0.6) is 0 Å². The fraction of sp³-hybridized carbons (Fsp3) is 0.577. The minimum absolute atomic E-state index is 0.561. The third-order valence-electron chi connectivity index (χ3n) is 7.47. The first-order chi connectivity index (χ1) is 15.3. The maximum absolute atomic E-state index is 5.73. The monoisotopic (exact) mass is 419 g/mol. The fourth-order valence-corrected chi connectivity index (χ4v) is 5.90. The molecule has 2 atom stereocenters. The largest absolute Gasteiger partial charge is 0.371 e. The molecule has 5 rings (SSSR count). The average Bonchev–Trinajstić information content (AvgIpc) is 3.28. The molecule has 2 N–H and O–H groups in total. The van der Waals surface area contributed by atoms with Gasteiger partial charge in [-0.25, -0.2) is 4.98 Å². The normalized spacial score (nSPS) is 23.8. The minimum atomic E-state index is 0.561. The van der Waals surface area contributed by atoms with Crippen LogP contribution in [0.15, 0.2) is 42.6 Å². The maximum atomic E-state index is 5.73. The number of fused-ring (bicyclic) bond motifs is 1. The smallest absolute Gasteiger partial charge is 0.130 e. The van der Waals surface area contributed by atoms with Crippen molar-refractivity contribution in [3.05, 3.63) is 48.2 Å². The van der Waals surface area contributed by atoms with E-state index in [-0.39, 0.29) is 0 Å². The van der Waals surface area contributed by atoms with E-state index in [1.165, 1.54) is 74.4 Å². The highest BCUT2D eigenvalue weighted by atomic mass is 15.3. The molecule has 1 aromatic heterocycles. The summed E-state index contributed by atoms with van der Waals surface area (Å²) in [6.07, 6.45) is 11.9. The lowest BCUT2D eigenvalue weighted by atomic mass is 9.95. The molecule has 166 valence electrons.